The van der Waals surface area contributed by atoms with Gasteiger partial charge in [-0.2, -0.15) is 0 Å². The van der Waals surface area contributed by atoms with E-state index < -0.39 is 30.2 Å². The lowest BCUT2D eigenvalue weighted by Gasteiger charge is -2.16. The van der Waals surface area contributed by atoms with E-state index in [1.54, 1.807) is 6.07 Å². The van der Waals surface area contributed by atoms with Crippen LogP contribution < -0.4 is 5.32 Å². The summed E-state index contributed by atoms with van der Waals surface area (Å²) in [6.07, 6.45) is 0. The maximum absolute atomic E-state index is 12.9. The van der Waals surface area contributed by atoms with Gasteiger partial charge in [0.25, 0.3) is 5.91 Å². The molecule has 0 radical (unpaired) electrons. The Hall–Kier alpha value is -3.16. The monoisotopic (exact) mass is 389 g/mol. The summed E-state index contributed by atoms with van der Waals surface area (Å²) >= 11 is 0. The molecule has 0 fully saturated rings. The van der Waals surface area contributed by atoms with Gasteiger partial charge in [0, 0.05) is 30.7 Å². The van der Waals surface area contributed by atoms with E-state index in [1.807, 2.05) is 25.3 Å². The van der Waals surface area contributed by atoms with E-state index in [-0.39, 0.29) is 6.54 Å². The molecule has 2 rings (SSSR count). The molecule has 1 aromatic carbocycles. The number of amides is 2. The number of aromatic nitrogens is 1. The summed E-state index contributed by atoms with van der Waals surface area (Å²) in [6, 6.07) is 7.01. The van der Waals surface area contributed by atoms with E-state index >= 15 is 0 Å². The highest BCUT2D eigenvalue weighted by molar-refractivity contribution is 5.95. The number of anilines is 1. The number of carbonyl (C=O) groups excluding carboxylic acids is 3. The Balaban J connectivity index is 1.85. The van der Waals surface area contributed by atoms with Crippen LogP contribution in [-0.2, 0) is 20.9 Å². The van der Waals surface area contributed by atoms with Crippen molar-refractivity contribution >= 4 is 23.5 Å². The summed E-state index contributed by atoms with van der Waals surface area (Å²) in [4.78, 5) is 37.5. The smallest absolute Gasteiger partial charge is 0.340 e. The molecule has 150 valence electrons. The van der Waals surface area contributed by atoms with Crippen LogP contribution in [0.1, 0.15) is 28.7 Å². The van der Waals surface area contributed by atoms with Crippen LogP contribution in [0.5, 0.6) is 0 Å². The third-order valence-corrected chi connectivity index (χ3v) is 4.37. The van der Waals surface area contributed by atoms with Gasteiger partial charge in [-0.05, 0) is 51.1 Å². The Kier molecular flexibility index (Phi) is 6.92. The number of halogens is 1. The molecule has 0 unspecified atom stereocenters. The largest absolute Gasteiger partial charge is 0.452 e. The molecule has 0 aliphatic rings. The molecule has 0 bridgehead atoms. The molecular formula is C20H24FN3O4. The average molecular weight is 389 g/mol. The number of hydrogen-bond acceptors (Lipinski definition) is 4. The minimum absolute atomic E-state index is 0.224. The summed E-state index contributed by atoms with van der Waals surface area (Å²) < 4.78 is 20.0. The first-order valence-electron chi connectivity index (χ1n) is 8.86. The van der Waals surface area contributed by atoms with Crippen LogP contribution in [0.3, 0.4) is 0 Å². The van der Waals surface area contributed by atoms with Crippen molar-refractivity contribution in [3.63, 3.8) is 0 Å². The van der Waals surface area contributed by atoms with Crippen LogP contribution in [0, 0.1) is 19.7 Å². The Morgan fingerprint density at radius 3 is 2.39 bits per heavy atom. The van der Waals surface area contributed by atoms with E-state index in [4.69, 9.17) is 4.74 Å². The molecule has 1 aromatic heterocycles. The number of aryl methyl sites for hydroxylation is 1. The van der Waals surface area contributed by atoms with Crippen molar-refractivity contribution in [2.45, 2.75) is 27.3 Å². The van der Waals surface area contributed by atoms with Gasteiger partial charge in [-0.3, -0.25) is 9.59 Å². The van der Waals surface area contributed by atoms with E-state index in [0.29, 0.717) is 11.3 Å². The van der Waals surface area contributed by atoms with Crippen molar-refractivity contribution in [3.05, 3.63) is 53.1 Å². The van der Waals surface area contributed by atoms with Gasteiger partial charge in [-0.15, -0.1) is 0 Å². The molecular weight excluding hydrogens is 365 g/mol. The normalized spacial score (nSPS) is 10.5. The van der Waals surface area contributed by atoms with Crippen LogP contribution in [-0.4, -0.2) is 47.4 Å². The SMILES string of the molecule is CCn1c(C)cc(C(=O)OCC(=O)N(C)CC(=O)Nc2ccc(F)cc2)c1C. The van der Waals surface area contributed by atoms with Crippen molar-refractivity contribution in [1.82, 2.24) is 9.47 Å². The van der Waals surface area contributed by atoms with Gasteiger partial charge in [-0.25, -0.2) is 9.18 Å². The molecule has 1 N–H and O–H groups in total. The number of ether oxygens (including phenoxy) is 1. The van der Waals surface area contributed by atoms with Gasteiger partial charge in [0.05, 0.1) is 12.1 Å². The lowest BCUT2D eigenvalue weighted by Crippen LogP contribution is -2.37. The third kappa shape index (κ3) is 5.18. The molecule has 28 heavy (non-hydrogen) atoms. The molecule has 0 saturated carbocycles. The standard InChI is InChI=1S/C20H24FN3O4/c1-5-24-13(2)10-17(14(24)3)20(27)28-12-19(26)23(4)11-18(25)22-16-8-6-15(21)7-9-16/h6-10H,5,11-12H2,1-4H3,(H,22,25). The maximum atomic E-state index is 12.9. The fraction of sp³-hybridized carbons (Fsp3) is 0.350. The summed E-state index contributed by atoms with van der Waals surface area (Å²) in [5.74, 6) is -1.94. The van der Waals surface area contributed by atoms with Gasteiger partial charge < -0.3 is 19.5 Å². The molecule has 0 aliphatic heterocycles. The Labute approximate surface area is 163 Å². The Morgan fingerprint density at radius 2 is 1.82 bits per heavy atom. The van der Waals surface area contributed by atoms with Gasteiger partial charge in [0.1, 0.15) is 5.82 Å². The molecule has 0 spiro atoms. The number of benzene rings is 1. The summed E-state index contributed by atoms with van der Waals surface area (Å²) in [6.45, 7) is 5.74. The zero-order valence-corrected chi connectivity index (χ0v) is 16.4. The van der Waals surface area contributed by atoms with E-state index in [1.165, 1.54) is 31.3 Å². The zero-order chi connectivity index (χ0) is 20.8. The highest BCUT2D eigenvalue weighted by atomic mass is 19.1. The molecule has 2 amide bonds. The molecule has 7 nitrogen and oxygen atoms in total. The molecule has 1 heterocycles. The number of carbonyl (C=O) groups is 3. The van der Waals surface area contributed by atoms with Crippen LogP contribution in [0.4, 0.5) is 10.1 Å². The second-order valence-corrected chi connectivity index (χ2v) is 6.41. The van der Waals surface area contributed by atoms with E-state index in [0.717, 1.165) is 22.8 Å². The van der Waals surface area contributed by atoms with Crippen molar-refractivity contribution in [1.29, 1.82) is 0 Å². The molecule has 2 aromatic rings. The van der Waals surface area contributed by atoms with Crippen molar-refractivity contribution < 1.29 is 23.5 Å². The lowest BCUT2D eigenvalue weighted by atomic mass is 10.2. The minimum Gasteiger partial charge on any atom is -0.452 e. The van der Waals surface area contributed by atoms with Crippen molar-refractivity contribution in [2.24, 2.45) is 0 Å². The van der Waals surface area contributed by atoms with Gasteiger partial charge >= 0.3 is 5.97 Å². The maximum Gasteiger partial charge on any atom is 0.340 e. The Bertz CT molecular complexity index is 874. The highest BCUT2D eigenvalue weighted by Gasteiger charge is 2.19. The minimum atomic E-state index is -0.578. The second-order valence-electron chi connectivity index (χ2n) is 6.41. The van der Waals surface area contributed by atoms with E-state index in [2.05, 4.69) is 5.32 Å². The van der Waals surface area contributed by atoms with Crippen molar-refractivity contribution in [2.75, 3.05) is 25.5 Å². The van der Waals surface area contributed by atoms with Crippen LogP contribution in [0.2, 0.25) is 0 Å². The molecule has 8 heteroatoms. The van der Waals surface area contributed by atoms with Gasteiger partial charge in [0.2, 0.25) is 5.91 Å². The summed E-state index contributed by atoms with van der Waals surface area (Å²) in [5.41, 5.74) is 2.56. The van der Waals surface area contributed by atoms with Gasteiger partial charge in [0.15, 0.2) is 6.61 Å². The topological polar surface area (TPSA) is 80.6 Å². The van der Waals surface area contributed by atoms with Gasteiger partial charge in [-0.1, -0.05) is 0 Å². The number of nitrogens with zero attached hydrogens (tertiary/aromatic N) is 2. The fourth-order valence-electron chi connectivity index (χ4n) is 2.85. The summed E-state index contributed by atoms with van der Waals surface area (Å²) in [7, 11) is 1.43. The van der Waals surface area contributed by atoms with E-state index in [9.17, 15) is 18.8 Å². The first-order chi connectivity index (χ1) is 13.2. The molecule has 0 aliphatic carbocycles. The molecule has 0 saturated heterocycles. The zero-order valence-electron chi connectivity index (χ0n) is 16.4. The number of likely N-dealkylation sites (N-methyl/N-ethyl adjacent to an activating group) is 1. The lowest BCUT2D eigenvalue weighted by molar-refractivity contribution is -0.136. The fourth-order valence-corrected chi connectivity index (χ4v) is 2.85. The highest BCUT2D eigenvalue weighted by Crippen LogP contribution is 2.16. The average Bonchev–Trinajstić information content (AvgIpc) is 2.94. The number of rotatable bonds is 7. The first-order valence-corrected chi connectivity index (χ1v) is 8.86. The molecule has 0 atom stereocenters. The number of nitrogens with one attached hydrogen (secondary N) is 1. The predicted molar refractivity (Wildman–Crippen MR) is 103 cm³/mol. The summed E-state index contributed by atoms with van der Waals surface area (Å²) in [5, 5.41) is 2.56. The number of esters is 1. The van der Waals surface area contributed by atoms with Crippen LogP contribution in [0.15, 0.2) is 30.3 Å². The second kappa shape index (κ2) is 9.16. The number of hydrogen-bond donors (Lipinski definition) is 1. The third-order valence-electron chi connectivity index (χ3n) is 4.37. The van der Waals surface area contributed by atoms with Crippen LogP contribution >= 0.6 is 0 Å². The van der Waals surface area contributed by atoms with Crippen molar-refractivity contribution in [3.8, 4) is 0 Å². The van der Waals surface area contributed by atoms with Crippen LogP contribution in [0.25, 0.3) is 0 Å². The first kappa shape index (κ1) is 21.1. The Morgan fingerprint density at radius 1 is 1.18 bits per heavy atom. The predicted octanol–water partition coefficient (Wildman–Crippen LogP) is 2.52. The quantitative estimate of drug-likeness (QED) is 0.738.